The number of methoxy groups -OCH3 is 1. The van der Waals surface area contributed by atoms with Crippen molar-refractivity contribution in [2.45, 2.75) is 18.9 Å². The lowest BCUT2D eigenvalue weighted by Gasteiger charge is -2.29. The highest BCUT2D eigenvalue weighted by Crippen LogP contribution is 2.39. The van der Waals surface area contributed by atoms with Crippen molar-refractivity contribution < 1.29 is 9.47 Å². The van der Waals surface area contributed by atoms with Crippen LogP contribution in [0.1, 0.15) is 29.2 Å². The fraction of sp³-hybridized carbons (Fsp3) is 0.360. The lowest BCUT2D eigenvalue weighted by Crippen LogP contribution is -2.30. The summed E-state index contributed by atoms with van der Waals surface area (Å²) >= 11 is 0. The van der Waals surface area contributed by atoms with Crippen LogP contribution in [0.2, 0.25) is 0 Å². The van der Waals surface area contributed by atoms with Crippen molar-refractivity contribution in [3.8, 4) is 11.5 Å². The third-order valence-electron chi connectivity index (χ3n) is 5.62. The smallest absolute Gasteiger partial charge is 0.161 e. The zero-order chi connectivity index (χ0) is 20.2. The van der Waals surface area contributed by atoms with E-state index in [1.54, 1.807) is 7.11 Å². The number of benzene rings is 3. The van der Waals surface area contributed by atoms with Crippen molar-refractivity contribution in [1.82, 2.24) is 10.2 Å². The van der Waals surface area contributed by atoms with Crippen molar-refractivity contribution >= 4 is 10.8 Å². The van der Waals surface area contributed by atoms with E-state index in [2.05, 4.69) is 78.9 Å². The van der Waals surface area contributed by atoms with E-state index < -0.39 is 0 Å². The van der Waals surface area contributed by atoms with Crippen LogP contribution in [0.3, 0.4) is 0 Å². The molecule has 0 aromatic heterocycles. The summed E-state index contributed by atoms with van der Waals surface area (Å²) in [6.45, 7) is 2.64. The molecule has 0 amide bonds. The van der Waals surface area contributed by atoms with Gasteiger partial charge in [-0.15, -0.1) is 0 Å². The number of hydrogen-bond acceptors (Lipinski definition) is 4. The molecule has 0 saturated carbocycles. The molecule has 1 N–H and O–H groups in total. The van der Waals surface area contributed by atoms with Crippen LogP contribution >= 0.6 is 0 Å². The van der Waals surface area contributed by atoms with Crippen molar-refractivity contribution in [2.75, 3.05) is 40.9 Å². The molecule has 1 atom stereocenters. The summed E-state index contributed by atoms with van der Waals surface area (Å²) in [6, 6.07) is 19.7. The Morgan fingerprint density at radius 2 is 1.83 bits per heavy atom. The maximum absolute atomic E-state index is 6.14. The highest BCUT2D eigenvalue weighted by atomic mass is 16.5. The van der Waals surface area contributed by atoms with E-state index in [4.69, 9.17) is 9.47 Å². The predicted molar refractivity (Wildman–Crippen MR) is 119 cm³/mol. The van der Waals surface area contributed by atoms with Gasteiger partial charge in [0.25, 0.3) is 0 Å². The molecule has 0 saturated heterocycles. The number of ether oxygens (including phenoxy) is 2. The quantitative estimate of drug-likeness (QED) is 0.606. The van der Waals surface area contributed by atoms with E-state index in [0.717, 1.165) is 37.4 Å². The lowest BCUT2D eigenvalue weighted by molar-refractivity contribution is 0.267. The maximum atomic E-state index is 6.14. The third-order valence-corrected chi connectivity index (χ3v) is 5.62. The van der Waals surface area contributed by atoms with E-state index in [1.807, 2.05) is 0 Å². The molecular formula is C25H30N2O2. The monoisotopic (exact) mass is 390 g/mol. The molecule has 0 bridgehead atoms. The van der Waals surface area contributed by atoms with Crippen molar-refractivity contribution in [3.63, 3.8) is 0 Å². The molecule has 4 nitrogen and oxygen atoms in total. The minimum Gasteiger partial charge on any atom is -0.493 e. The topological polar surface area (TPSA) is 33.7 Å². The average molecular weight is 391 g/mol. The number of hydrogen-bond donors (Lipinski definition) is 1. The van der Waals surface area contributed by atoms with E-state index in [-0.39, 0.29) is 6.04 Å². The Morgan fingerprint density at radius 1 is 1.00 bits per heavy atom. The van der Waals surface area contributed by atoms with Crippen molar-refractivity contribution in [1.29, 1.82) is 0 Å². The SMILES string of the molecule is COc1cc2c(cc1OCCCN(C)C)C(c1cccc3ccccc13)NCC2. The molecule has 1 unspecified atom stereocenters. The molecule has 0 radical (unpaired) electrons. The molecule has 4 rings (SSSR count). The molecule has 0 aliphatic carbocycles. The second-order valence-electron chi connectivity index (χ2n) is 7.91. The molecule has 1 aliphatic rings. The van der Waals surface area contributed by atoms with Gasteiger partial charge in [0, 0.05) is 13.1 Å². The minimum atomic E-state index is 0.153. The predicted octanol–water partition coefficient (Wildman–Crippen LogP) is 4.41. The van der Waals surface area contributed by atoms with Gasteiger partial charge in [0.2, 0.25) is 0 Å². The highest BCUT2D eigenvalue weighted by Gasteiger charge is 2.25. The summed E-state index contributed by atoms with van der Waals surface area (Å²) in [5, 5.41) is 6.29. The normalized spacial score (nSPS) is 16.1. The first-order valence-corrected chi connectivity index (χ1v) is 10.4. The molecular weight excluding hydrogens is 360 g/mol. The Morgan fingerprint density at radius 3 is 2.66 bits per heavy atom. The number of nitrogens with zero attached hydrogens (tertiary/aromatic N) is 1. The van der Waals surface area contributed by atoms with Gasteiger partial charge >= 0.3 is 0 Å². The first-order valence-electron chi connectivity index (χ1n) is 10.4. The van der Waals surface area contributed by atoms with E-state index in [1.165, 1.54) is 27.5 Å². The fourth-order valence-electron chi connectivity index (χ4n) is 4.18. The summed E-state index contributed by atoms with van der Waals surface area (Å²) in [5.41, 5.74) is 3.93. The summed E-state index contributed by atoms with van der Waals surface area (Å²) in [5.74, 6) is 1.66. The van der Waals surface area contributed by atoms with Crippen molar-refractivity contribution in [2.24, 2.45) is 0 Å². The van der Waals surface area contributed by atoms with Gasteiger partial charge in [-0.25, -0.2) is 0 Å². The van der Waals surface area contributed by atoms with E-state index >= 15 is 0 Å². The number of rotatable bonds is 7. The molecule has 0 spiro atoms. The first-order chi connectivity index (χ1) is 14.2. The van der Waals surface area contributed by atoms with Gasteiger partial charge in [-0.05, 0) is 66.5 Å². The van der Waals surface area contributed by atoms with Crippen LogP contribution in [0, 0.1) is 0 Å². The van der Waals surface area contributed by atoms with Gasteiger partial charge in [-0.3, -0.25) is 0 Å². The molecule has 29 heavy (non-hydrogen) atoms. The third kappa shape index (κ3) is 4.24. The molecule has 152 valence electrons. The van der Waals surface area contributed by atoms with Crippen LogP contribution in [-0.2, 0) is 6.42 Å². The number of fused-ring (bicyclic) bond motifs is 2. The first kappa shape index (κ1) is 19.7. The van der Waals surface area contributed by atoms with Gasteiger partial charge in [-0.1, -0.05) is 42.5 Å². The molecule has 4 heteroatoms. The summed E-state index contributed by atoms with van der Waals surface area (Å²) in [4.78, 5) is 2.17. The van der Waals surface area contributed by atoms with E-state index in [0.29, 0.717) is 6.61 Å². The van der Waals surface area contributed by atoms with Crippen LogP contribution in [0.15, 0.2) is 54.6 Å². The second kappa shape index (κ2) is 8.85. The zero-order valence-corrected chi connectivity index (χ0v) is 17.6. The van der Waals surface area contributed by atoms with Crippen LogP contribution in [0.5, 0.6) is 11.5 Å². The summed E-state index contributed by atoms with van der Waals surface area (Å²) in [7, 11) is 5.89. The van der Waals surface area contributed by atoms with Gasteiger partial charge < -0.3 is 19.7 Å². The Hall–Kier alpha value is -2.56. The van der Waals surface area contributed by atoms with Crippen LogP contribution in [0.25, 0.3) is 10.8 Å². The van der Waals surface area contributed by atoms with Crippen LogP contribution in [0.4, 0.5) is 0 Å². The lowest BCUT2D eigenvalue weighted by atomic mass is 9.87. The van der Waals surface area contributed by atoms with Gasteiger partial charge in [0.1, 0.15) is 0 Å². The molecule has 3 aromatic carbocycles. The minimum absolute atomic E-state index is 0.153. The Balaban J connectivity index is 1.69. The molecule has 0 fully saturated rings. The number of nitrogens with one attached hydrogen (secondary N) is 1. The Bertz CT molecular complexity index is 978. The van der Waals surface area contributed by atoms with Gasteiger partial charge in [-0.2, -0.15) is 0 Å². The average Bonchev–Trinajstić information content (AvgIpc) is 2.75. The maximum Gasteiger partial charge on any atom is 0.161 e. The Labute approximate surface area is 173 Å². The van der Waals surface area contributed by atoms with Crippen LogP contribution < -0.4 is 14.8 Å². The molecule has 1 heterocycles. The largest absolute Gasteiger partial charge is 0.493 e. The van der Waals surface area contributed by atoms with E-state index in [9.17, 15) is 0 Å². The van der Waals surface area contributed by atoms with Crippen LogP contribution in [-0.4, -0.2) is 45.8 Å². The zero-order valence-electron chi connectivity index (χ0n) is 17.6. The fourth-order valence-corrected chi connectivity index (χ4v) is 4.18. The standard InChI is InChI=1S/C25H30N2O2/c1-27(2)14-7-15-29-24-17-22-19(16-23(24)28-3)12-13-26-25(22)21-11-6-9-18-8-4-5-10-20(18)21/h4-6,8-11,16-17,25-26H,7,12-15H2,1-3H3. The Kier molecular flexibility index (Phi) is 6.02. The van der Waals surface area contributed by atoms with Crippen molar-refractivity contribution in [3.05, 3.63) is 71.3 Å². The molecule has 1 aliphatic heterocycles. The highest BCUT2D eigenvalue weighted by molar-refractivity contribution is 5.86. The van der Waals surface area contributed by atoms with Gasteiger partial charge in [0.15, 0.2) is 11.5 Å². The van der Waals surface area contributed by atoms with Gasteiger partial charge in [0.05, 0.1) is 19.8 Å². The molecule has 3 aromatic rings. The summed E-state index contributed by atoms with van der Waals surface area (Å²) in [6.07, 6.45) is 1.98. The second-order valence-corrected chi connectivity index (χ2v) is 7.91. The summed E-state index contributed by atoms with van der Waals surface area (Å²) < 4.78 is 11.8.